The first-order valence-electron chi connectivity index (χ1n) is 9.02. The van der Waals surface area contributed by atoms with Crippen molar-refractivity contribution in [1.82, 2.24) is 20.1 Å². The molecular weight excluding hydrogens is 370 g/mol. The standard InChI is InChI=1S/C19H18F2N4O3/c20-13-3-4-15(16(21)10-13)18-24-23-17(28-18)12-5-8-25(9-6-12)19(26)27-14-2-1-7-22-11-14/h1-2,4,7,10-13H,3,5-6,8-9H2. The normalized spacial score (nSPS) is 20.5. The van der Waals surface area contributed by atoms with E-state index < -0.39 is 18.1 Å². The van der Waals surface area contributed by atoms with Gasteiger partial charge >= 0.3 is 6.09 Å². The van der Waals surface area contributed by atoms with E-state index in [1.807, 2.05) is 0 Å². The fraction of sp³-hybridized carbons (Fsp3) is 0.368. The molecule has 0 saturated carbocycles. The van der Waals surface area contributed by atoms with E-state index in [0.29, 0.717) is 37.6 Å². The number of piperidine rings is 1. The minimum absolute atomic E-state index is 0.0335. The van der Waals surface area contributed by atoms with Gasteiger partial charge in [-0.25, -0.2) is 13.6 Å². The van der Waals surface area contributed by atoms with Crippen LogP contribution >= 0.6 is 0 Å². The number of alkyl halides is 1. The van der Waals surface area contributed by atoms with Crippen LogP contribution in [0.3, 0.4) is 0 Å². The highest BCUT2D eigenvalue weighted by Crippen LogP contribution is 2.33. The molecule has 1 saturated heterocycles. The molecule has 1 amide bonds. The third-order valence-corrected chi connectivity index (χ3v) is 4.74. The molecule has 4 rings (SSSR count). The molecule has 1 unspecified atom stereocenters. The summed E-state index contributed by atoms with van der Waals surface area (Å²) < 4.78 is 38.0. The molecule has 2 aromatic rings. The van der Waals surface area contributed by atoms with Crippen LogP contribution < -0.4 is 4.74 Å². The monoisotopic (exact) mass is 388 g/mol. The van der Waals surface area contributed by atoms with Crippen molar-refractivity contribution in [1.29, 1.82) is 0 Å². The molecule has 9 heteroatoms. The number of halogens is 2. The fourth-order valence-electron chi connectivity index (χ4n) is 3.22. The number of carbonyl (C=O) groups excluding carboxylic acids is 1. The smallest absolute Gasteiger partial charge is 0.415 e. The SMILES string of the molecule is O=C(Oc1cccnc1)N1CCC(c2nnc(C3=CCC(F)C=C3F)o2)CC1. The zero-order valence-corrected chi connectivity index (χ0v) is 14.9. The number of hydrogen-bond donors (Lipinski definition) is 0. The van der Waals surface area contributed by atoms with Gasteiger partial charge in [0.15, 0.2) is 5.75 Å². The van der Waals surface area contributed by atoms with E-state index in [4.69, 9.17) is 9.15 Å². The maximum atomic E-state index is 13.9. The second-order valence-corrected chi connectivity index (χ2v) is 6.65. The summed E-state index contributed by atoms with van der Waals surface area (Å²) in [6.07, 6.45) is 4.96. The van der Waals surface area contributed by atoms with Crippen LogP contribution in [0.25, 0.3) is 5.57 Å². The Morgan fingerprint density at radius 1 is 1.29 bits per heavy atom. The van der Waals surface area contributed by atoms with Crippen LogP contribution in [-0.4, -0.2) is 45.4 Å². The van der Waals surface area contributed by atoms with E-state index in [1.54, 1.807) is 23.2 Å². The number of rotatable bonds is 3. The lowest BCUT2D eigenvalue weighted by Gasteiger charge is -2.29. The molecule has 2 aliphatic rings. The van der Waals surface area contributed by atoms with Gasteiger partial charge in [-0.3, -0.25) is 4.98 Å². The Kier molecular flexibility index (Phi) is 5.14. The first-order valence-corrected chi connectivity index (χ1v) is 9.02. The average molecular weight is 388 g/mol. The van der Waals surface area contributed by atoms with Crippen molar-refractivity contribution in [3.8, 4) is 5.75 Å². The molecule has 0 radical (unpaired) electrons. The minimum Gasteiger partial charge on any atom is -0.420 e. The highest BCUT2D eigenvalue weighted by atomic mass is 19.1. The van der Waals surface area contributed by atoms with Crippen molar-refractivity contribution in [3.05, 3.63) is 54.3 Å². The van der Waals surface area contributed by atoms with Gasteiger partial charge < -0.3 is 14.1 Å². The van der Waals surface area contributed by atoms with Crippen molar-refractivity contribution in [3.63, 3.8) is 0 Å². The Morgan fingerprint density at radius 2 is 2.11 bits per heavy atom. The number of nitrogens with zero attached hydrogens (tertiary/aromatic N) is 4. The number of aromatic nitrogens is 3. The second kappa shape index (κ2) is 7.87. The molecule has 2 aromatic heterocycles. The van der Waals surface area contributed by atoms with Crippen LogP contribution in [0, 0.1) is 0 Å². The number of pyridine rings is 1. The van der Waals surface area contributed by atoms with Crippen LogP contribution in [0.5, 0.6) is 5.75 Å². The van der Waals surface area contributed by atoms with E-state index in [0.717, 1.165) is 6.08 Å². The molecule has 3 heterocycles. The lowest BCUT2D eigenvalue weighted by Crippen LogP contribution is -2.39. The average Bonchev–Trinajstić information content (AvgIpc) is 3.19. The summed E-state index contributed by atoms with van der Waals surface area (Å²) in [4.78, 5) is 17.7. The van der Waals surface area contributed by atoms with Crippen molar-refractivity contribution < 1.29 is 22.7 Å². The van der Waals surface area contributed by atoms with Gasteiger partial charge in [0.1, 0.15) is 12.0 Å². The van der Waals surface area contributed by atoms with Crippen molar-refractivity contribution in [2.75, 3.05) is 13.1 Å². The Hall–Kier alpha value is -3.10. The number of amides is 1. The Bertz CT molecular complexity index is 905. The molecule has 7 nitrogen and oxygen atoms in total. The van der Waals surface area contributed by atoms with Gasteiger partial charge in [-0.15, -0.1) is 10.2 Å². The van der Waals surface area contributed by atoms with Gasteiger partial charge in [0.2, 0.25) is 11.8 Å². The third kappa shape index (κ3) is 3.92. The van der Waals surface area contributed by atoms with Gasteiger partial charge in [0.25, 0.3) is 0 Å². The van der Waals surface area contributed by atoms with Gasteiger partial charge in [0.05, 0.1) is 11.8 Å². The molecule has 0 bridgehead atoms. The summed E-state index contributed by atoms with van der Waals surface area (Å²) in [6.45, 7) is 0.948. The Morgan fingerprint density at radius 3 is 2.82 bits per heavy atom. The molecule has 1 aliphatic carbocycles. The first-order chi connectivity index (χ1) is 13.6. The van der Waals surface area contributed by atoms with Crippen LogP contribution in [0.4, 0.5) is 13.6 Å². The maximum absolute atomic E-state index is 13.9. The quantitative estimate of drug-likeness (QED) is 0.795. The second-order valence-electron chi connectivity index (χ2n) is 6.65. The van der Waals surface area contributed by atoms with E-state index in [-0.39, 0.29) is 23.8 Å². The number of hydrogen-bond acceptors (Lipinski definition) is 6. The largest absolute Gasteiger partial charge is 0.420 e. The molecular formula is C19H18F2N4O3. The summed E-state index contributed by atoms with van der Waals surface area (Å²) in [6, 6.07) is 3.35. The predicted molar refractivity (Wildman–Crippen MR) is 94.8 cm³/mol. The van der Waals surface area contributed by atoms with E-state index in [9.17, 15) is 13.6 Å². The lowest BCUT2D eigenvalue weighted by molar-refractivity contribution is 0.136. The van der Waals surface area contributed by atoms with Gasteiger partial charge in [-0.1, -0.05) is 6.08 Å². The lowest BCUT2D eigenvalue weighted by atomic mass is 9.97. The van der Waals surface area contributed by atoms with E-state index in [2.05, 4.69) is 15.2 Å². The summed E-state index contributed by atoms with van der Waals surface area (Å²) in [7, 11) is 0. The molecule has 1 fully saturated rings. The summed E-state index contributed by atoms with van der Waals surface area (Å²) in [5.41, 5.74) is 0.130. The molecule has 1 atom stereocenters. The summed E-state index contributed by atoms with van der Waals surface area (Å²) >= 11 is 0. The Labute approximate surface area is 159 Å². The highest BCUT2D eigenvalue weighted by molar-refractivity contribution is 5.73. The van der Waals surface area contributed by atoms with Crippen LogP contribution in [-0.2, 0) is 0 Å². The van der Waals surface area contributed by atoms with E-state index in [1.165, 1.54) is 12.3 Å². The van der Waals surface area contributed by atoms with Crippen molar-refractivity contribution in [2.24, 2.45) is 0 Å². The fourth-order valence-corrected chi connectivity index (χ4v) is 3.22. The van der Waals surface area contributed by atoms with Crippen LogP contribution in [0.2, 0.25) is 0 Å². The van der Waals surface area contributed by atoms with Gasteiger partial charge in [-0.05, 0) is 31.1 Å². The topological polar surface area (TPSA) is 81.4 Å². The predicted octanol–water partition coefficient (Wildman–Crippen LogP) is 3.82. The van der Waals surface area contributed by atoms with E-state index >= 15 is 0 Å². The number of likely N-dealkylation sites (tertiary alicyclic amines) is 1. The number of carbonyl (C=O) groups is 1. The van der Waals surface area contributed by atoms with Gasteiger partial charge in [-0.2, -0.15) is 0 Å². The third-order valence-electron chi connectivity index (χ3n) is 4.74. The van der Waals surface area contributed by atoms with Crippen LogP contribution in [0.15, 0.2) is 46.9 Å². The summed E-state index contributed by atoms with van der Waals surface area (Å²) in [5, 5.41) is 7.92. The minimum atomic E-state index is -1.33. The molecule has 146 valence electrons. The Balaban J connectivity index is 1.35. The van der Waals surface area contributed by atoms with Crippen molar-refractivity contribution in [2.45, 2.75) is 31.4 Å². The molecule has 0 spiro atoms. The van der Waals surface area contributed by atoms with Crippen molar-refractivity contribution >= 4 is 11.7 Å². The molecule has 28 heavy (non-hydrogen) atoms. The zero-order chi connectivity index (χ0) is 19.5. The number of allylic oxidation sites excluding steroid dienone is 4. The molecule has 0 aromatic carbocycles. The zero-order valence-electron chi connectivity index (χ0n) is 14.9. The maximum Gasteiger partial charge on any atom is 0.415 e. The van der Waals surface area contributed by atoms with Gasteiger partial charge in [0, 0.05) is 31.6 Å². The molecule has 0 N–H and O–H groups in total. The first kappa shape index (κ1) is 18.3. The molecule has 1 aliphatic heterocycles. The summed E-state index contributed by atoms with van der Waals surface area (Å²) in [5.74, 6) is 0.110. The highest BCUT2D eigenvalue weighted by Gasteiger charge is 2.29. The van der Waals surface area contributed by atoms with Crippen LogP contribution in [0.1, 0.15) is 37.0 Å². The number of ether oxygens (including phenoxy) is 1.